The molecule has 0 saturated carbocycles. The molecule has 2 rings (SSSR count). The molecule has 0 unspecified atom stereocenters. The Morgan fingerprint density at radius 2 is 2.00 bits per heavy atom. The van der Waals surface area contributed by atoms with Gasteiger partial charge in [-0.15, -0.1) is 0 Å². The molecular weight excluding hydrogens is 322 g/mol. The average molecular weight is 341 g/mol. The predicted molar refractivity (Wildman–Crippen MR) is 93.9 cm³/mol. The van der Waals surface area contributed by atoms with Gasteiger partial charge >= 0.3 is 0 Å². The van der Waals surface area contributed by atoms with E-state index in [1.54, 1.807) is 38.3 Å². The van der Waals surface area contributed by atoms with Gasteiger partial charge in [-0.25, -0.2) is 0 Å². The van der Waals surface area contributed by atoms with E-state index in [0.29, 0.717) is 22.6 Å². The smallest absolute Gasteiger partial charge is 0.271 e. The number of benzene rings is 1. The van der Waals surface area contributed by atoms with Crippen molar-refractivity contribution in [1.82, 2.24) is 4.57 Å². The van der Waals surface area contributed by atoms with E-state index in [0.717, 1.165) is 4.57 Å². The highest BCUT2D eigenvalue weighted by molar-refractivity contribution is 5.87. The van der Waals surface area contributed by atoms with Gasteiger partial charge in [0.05, 0.1) is 31.5 Å². The molecule has 25 heavy (non-hydrogen) atoms. The van der Waals surface area contributed by atoms with Crippen molar-refractivity contribution < 1.29 is 14.6 Å². The van der Waals surface area contributed by atoms with E-state index < -0.39 is 5.56 Å². The maximum Gasteiger partial charge on any atom is 0.271 e. The highest BCUT2D eigenvalue weighted by Crippen LogP contribution is 2.22. The molecule has 7 heteroatoms. The lowest BCUT2D eigenvalue weighted by Gasteiger charge is -2.13. The van der Waals surface area contributed by atoms with E-state index in [1.165, 1.54) is 13.3 Å². The van der Waals surface area contributed by atoms with Gasteiger partial charge in [0.2, 0.25) is 5.88 Å². The van der Waals surface area contributed by atoms with Gasteiger partial charge in [0, 0.05) is 13.3 Å². The number of rotatable bonds is 6. The van der Waals surface area contributed by atoms with Crippen LogP contribution in [0, 0.1) is 18.3 Å². The van der Waals surface area contributed by atoms with E-state index in [2.05, 4.69) is 4.99 Å². The molecule has 0 aliphatic heterocycles. The second-order valence-corrected chi connectivity index (χ2v) is 5.25. The van der Waals surface area contributed by atoms with Crippen molar-refractivity contribution >= 4 is 11.9 Å². The number of methoxy groups -OCH3 is 2. The zero-order valence-corrected chi connectivity index (χ0v) is 14.3. The number of aromatic nitrogens is 1. The van der Waals surface area contributed by atoms with Gasteiger partial charge in [0.1, 0.15) is 17.4 Å². The number of nitrogens with zero attached hydrogens (tertiary/aromatic N) is 3. The van der Waals surface area contributed by atoms with E-state index in [1.807, 2.05) is 6.07 Å². The number of nitriles is 1. The van der Waals surface area contributed by atoms with Crippen LogP contribution in [0.4, 0.5) is 5.69 Å². The highest BCUT2D eigenvalue weighted by Gasteiger charge is 2.17. The van der Waals surface area contributed by atoms with Crippen molar-refractivity contribution in [3.05, 3.63) is 51.3 Å². The molecule has 0 spiro atoms. The number of pyridine rings is 1. The van der Waals surface area contributed by atoms with Gasteiger partial charge in [-0.2, -0.15) is 5.26 Å². The van der Waals surface area contributed by atoms with Crippen LogP contribution in [0.25, 0.3) is 0 Å². The first kappa shape index (κ1) is 18.2. The Bertz CT molecular complexity index is 877. The Morgan fingerprint density at radius 3 is 2.56 bits per heavy atom. The van der Waals surface area contributed by atoms with Crippen LogP contribution in [0.15, 0.2) is 34.1 Å². The molecule has 130 valence electrons. The zero-order chi connectivity index (χ0) is 18.4. The van der Waals surface area contributed by atoms with E-state index in [9.17, 15) is 15.2 Å². The minimum Gasteiger partial charge on any atom is -0.497 e. The second-order valence-electron chi connectivity index (χ2n) is 5.25. The van der Waals surface area contributed by atoms with Crippen LogP contribution < -0.4 is 10.3 Å². The lowest BCUT2D eigenvalue weighted by Crippen LogP contribution is -2.26. The first-order chi connectivity index (χ1) is 12.0. The van der Waals surface area contributed by atoms with Gasteiger partial charge in [-0.05, 0) is 36.8 Å². The molecule has 1 heterocycles. The van der Waals surface area contributed by atoms with Crippen molar-refractivity contribution in [2.75, 3.05) is 20.8 Å². The number of hydrogen-bond donors (Lipinski definition) is 1. The number of hydrogen-bond acceptors (Lipinski definition) is 6. The van der Waals surface area contributed by atoms with Crippen LogP contribution in [0.2, 0.25) is 0 Å². The quantitative estimate of drug-likeness (QED) is 0.812. The minimum absolute atomic E-state index is 0.0231. The lowest BCUT2D eigenvalue weighted by molar-refractivity contribution is 0.182. The van der Waals surface area contributed by atoms with E-state index in [4.69, 9.17) is 9.47 Å². The minimum atomic E-state index is -0.545. The van der Waals surface area contributed by atoms with Crippen LogP contribution in [0.3, 0.4) is 0 Å². The molecule has 0 radical (unpaired) electrons. The first-order valence-electron chi connectivity index (χ1n) is 7.57. The van der Waals surface area contributed by atoms with Crippen LogP contribution in [0.5, 0.6) is 11.6 Å². The largest absolute Gasteiger partial charge is 0.497 e. The third kappa shape index (κ3) is 3.87. The van der Waals surface area contributed by atoms with E-state index in [-0.39, 0.29) is 24.6 Å². The fraction of sp³-hybridized carbons (Fsp3) is 0.278. The van der Waals surface area contributed by atoms with Gasteiger partial charge in [-0.3, -0.25) is 14.4 Å². The highest BCUT2D eigenvalue weighted by atomic mass is 16.5. The predicted octanol–water partition coefficient (Wildman–Crippen LogP) is 2.14. The van der Waals surface area contributed by atoms with Crippen molar-refractivity contribution in [2.45, 2.75) is 13.5 Å². The Morgan fingerprint density at radius 1 is 1.32 bits per heavy atom. The monoisotopic (exact) mass is 341 g/mol. The molecule has 0 aliphatic carbocycles. The Balaban J connectivity index is 2.50. The zero-order valence-electron chi connectivity index (χ0n) is 14.3. The Hall–Kier alpha value is -3.11. The number of aromatic hydroxyl groups is 1. The van der Waals surface area contributed by atoms with Gasteiger partial charge in [0.25, 0.3) is 5.56 Å². The molecule has 1 N–H and O–H groups in total. The lowest BCUT2D eigenvalue weighted by atomic mass is 10.1. The molecular formula is C18H19N3O4. The van der Waals surface area contributed by atoms with Crippen LogP contribution in [0.1, 0.15) is 16.7 Å². The van der Waals surface area contributed by atoms with Gasteiger partial charge in [-0.1, -0.05) is 0 Å². The third-order valence-electron chi connectivity index (χ3n) is 3.78. The maximum absolute atomic E-state index is 12.3. The summed E-state index contributed by atoms with van der Waals surface area (Å²) in [6.07, 6.45) is 1.44. The average Bonchev–Trinajstić information content (AvgIpc) is 2.62. The summed E-state index contributed by atoms with van der Waals surface area (Å²) >= 11 is 0. The van der Waals surface area contributed by atoms with E-state index >= 15 is 0 Å². The Kier molecular flexibility index (Phi) is 5.93. The van der Waals surface area contributed by atoms with Crippen LogP contribution >= 0.6 is 0 Å². The summed E-state index contributed by atoms with van der Waals surface area (Å²) in [5.74, 6) is 0.466. The standard InChI is InChI=1S/C18H19N3O4/c1-12-15(10-19)17(22)21(8-9-24-2)18(23)16(12)11-20-13-4-6-14(25-3)7-5-13/h4-7,11,23H,8-9H2,1-3H3. The molecule has 0 aliphatic rings. The van der Waals surface area contributed by atoms with Crippen molar-refractivity contribution in [3.8, 4) is 17.7 Å². The second kappa shape index (κ2) is 8.13. The summed E-state index contributed by atoms with van der Waals surface area (Å²) in [5.41, 5.74) is 0.785. The summed E-state index contributed by atoms with van der Waals surface area (Å²) in [4.78, 5) is 16.6. The first-order valence-corrected chi connectivity index (χ1v) is 7.57. The van der Waals surface area contributed by atoms with Gasteiger partial charge < -0.3 is 14.6 Å². The van der Waals surface area contributed by atoms with Crippen LogP contribution in [-0.4, -0.2) is 36.7 Å². The van der Waals surface area contributed by atoms with Crippen molar-refractivity contribution in [1.29, 1.82) is 5.26 Å². The molecule has 0 atom stereocenters. The van der Waals surface area contributed by atoms with Crippen molar-refractivity contribution in [2.24, 2.45) is 4.99 Å². The van der Waals surface area contributed by atoms with Gasteiger partial charge in [0.15, 0.2) is 0 Å². The SMILES string of the molecule is COCCn1c(O)c(C=Nc2ccc(OC)cc2)c(C)c(C#N)c1=O. The summed E-state index contributed by atoms with van der Waals surface area (Å²) in [7, 11) is 3.07. The summed E-state index contributed by atoms with van der Waals surface area (Å²) < 4.78 is 11.2. The molecule has 0 bridgehead atoms. The molecule has 2 aromatic rings. The molecule has 0 saturated heterocycles. The maximum atomic E-state index is 12.3. The normalized spacial score (nSPS) is 10.8. The summed E-state index contributed by atoms with van der Waals surface area (Å²) in [6.45, 7) is 1.98. The molecule has 0 amide bonds. The molecule has 0 fully saturated rings. The Labute approximate surface area is 145 Å². The fourth-order valence-corrected chi connectivity index (χ4v) is 2.32. The fourth-order valence-electron chi connectivity index (χ4n) is 2.32. The summed E-state index contributed by atoms with van der Waals surface area (Å²) in [6, 6.07) is 8.94. The van der Waals surface area contributed by atoms with Crippen molar-refractivity contribution in [3.63, 3.8) is 0 Å². The number of aliphatic imine (C=N–C) groups is 1. The third-order valence-corrected chi connectivity index (χ3v) is 3.78. The molecule has 1 aromatic heterocycles. The van der Waals surface area contributed by atoms with Crippen LogP contribution in [-0.2, 0) is 11.3 Å². The molecule has 1 aromatic carbocycles. The molecule has 7 nitrogen and oxygen atoms in total. The topological polar surface area (TPSA) is 96.8 Å². The summed E-state index contributed by atoms with van der Waals surface area (Å²) in [5, 5.41) is 19.7. The number of ether oxygens (including phenoxy) is 2.